The zero-order valence-electron chi connectivity index (χ0n) is 7.39. The average Bonchev–Trinajstić information content (AvgIpc) is 2.58. The van der Waals surface area contributed by atoms with Crippen LogP contribution in [0.2, 0.25) is 5.02 Å². The highest BCUT2D eigenvalue weighted by Gasteiger charge is 2.04. The zero-order valence-corrected chi connectivity index (χ0v) is 8.15. The van der Waals surface area contributed by atoms with Crippen molar-refractivity contribution in [3.8, 4) is 0 Å². The number of hydrogen-bond donors (Lipinski definition) is 2. The van der Waals surface area contributed by atoms with E-state index in [1.54, 1.807) is 0 Å². The van der Waals surface area contributed by atoms with E-state index in [0.717, 1.165) is 28.0 Å². The molecule has 0 aliphatic carbocycles. The lowest BCUT2D eigenvalue weighted by Gasteiger charge is -2.03. The summed E-state index contributed by atoms with van der Waals surface area (Å²) in [6.07, 6.45) is 1.90. The second-order valence-corrected chi connectivity index (χ2v) is 3.39. The van der Waals surface area contributed by atoms with Crippen LogP contribution >= 0.6 is 11.6 Å². The molecule has 3 heteroatoms. The van der Waals surface area contributed by atoms with Gasteiger partial charge in [-0.3, -0.25) is 0 Å². The normalized spacial score (nSPS) is 10.9. The van der Waals surface area contributed by atoms with Gasteiger partial charge in [0.1, 0.15) is 0 Å². The van der Waals surface area contributed by atoms with Gasteiger partial charge in [-0.05, 0) is 24.7 Å². The van der Waals surface area contributed by atoms with Crippen LogP contribution in [0.25, 0.3) is 10.9 Å². The van der Waals surface area contributed by atoms with E-state index in [9.17, 15) is 0 Å². The lowest BCUT2D eigenvalue weighted by molar-refractivity contribution is 0.819. The second kappa shape index (κ2) is 3.40. The fraction of sp³-hybridized carbons (Fsp3) is 0.200. The largest absolute Gasteiger partial charge is 0.361 e. The summed E-state index contributed by atoms with van der Waals surface area (Å²) in [5.74, 6) is 0. The molecule has 0 saturated carbocycles. The van der Waals surface area contributed by atoms with Crippen molar-refractivity contribution in [2.24, 2.45) is 0 Å². The van der Waals surface area contributed by atoms with Gasteiger partial charge >= 0.3 is 0 Å². The van der Waals surface area contributed by atoms with Gasteiger partial charge in [0.05, 0.1) is 5.02 Å². The molecule has 68 valence electrons. The number of benzene rings is 1. The Morgan fingerprint density at radius 3 is 3.00 bits per heavy atom. The molecule has 0 bridgehead atoms. The first-order chi connectivity index (χ1) is 6.33. The van der Waals surface area contributed by atoms with Crippen LogP contribution in [0.3, 0.4) is 0 Å². The molecule has 2 nitrogen and oxygen atoms in total. The first-order valence-electron chi connectivity index (χ1n) is 4.22. The maximum atomic E-state index is 6.20. The third-order valence-corrected chi connectivity index (χ3v) is 2.56. The van der Waals surface area contributed by atoms with E-state index < -0.39 is 0 Å². The molecule has 0 amide bonds. The first kappa shape index (κ1) is 8.60. The van der Waals surface area contributed by atoms with Crippen molar-refractivity contribution in [2.45, 2.75) is 6.54 Å². The first-order valence-corrected chi connectivity index (χ1v) is 4.60. The van der Waals surface area contributed by atoms with Gasteiger partial charge in [0.25, 0.3) is 0 Å². The highest BCUT2D eigenvalue weighted by Crippen LogP contribution is 2.26. The van der Waals surface area contributed by atoms with E-state index in [0.29, 0.717) is 0 Å². The minimum Gasteiger partial charge on any atom is -0.361 e. The van der Waals surface area contributed by atoms with Gasteiger partial charge in [-0.2, -0.15) is 0 Å². The number of rotatable bonds is 2. The summed E-state index contributed by atoms with van der Waals surface area (Å²) >= 11 is 6.20. The molecule has 2 rings (SSSR count). The Morgan fingerprint density at radius 1 is 1.38 bits per heavy atom. The van der Waals surface area contributed by atoms with Crippen molar-refractivity contribution in [3.63, 3.8) is 0 Å². The molecule has 0 atom stereocenters. The fourth-order valence-corrected chi connectivity index (χ4v) is 1.76. The molecule has 0 aliphatic heterocycles. The zero-order chi connectivity index (χ0) is 9.26. The summed E-state index contributed by atoms with van der Waals surface area (Å²) < 4.78 is 0. The SMILES string of the molecule is CNCc1ccc2[nH]ccc2c1Cl. The molecule has 1 heterocycles. The maximum absolute atomic E-state index is 6.20. The molecule has 1 aromatic carbocycles. The quantitative estimate of drug-likeness (QED) is 0.756. The molecule has 13 heavy (non-hydrogen) atoms. The Bertz CT molecular complexity index is 420. The molecule has 1 aromatic heterocycles. The summed E-state index contributed by atoms with van der Waals surface area (Å²) in [6.45, 7) is 0.806. The number of aromatic nitrogens is 1. The van der Waals surface area contributed by atoms with E-state index >= 15 is 0 Å². The van der Waals surface area contributed by atoms with Crippen molar-refractivity contribution < 1.29 is 0 Å². The van der Waals surface area contributed by atoms with Gasteiger partial charge in [0.2, 0.25) is 0 Å². The monoisotopic (exact) mass is 194 g/mol. The van der Waals surface area contributed by atoms with Crippen LogP contribution in [0.1, 0.15) is 5.56 Å². The standard InChI is InChI=1S/C10H11ClN2/c1-12-6-7-2-3-9-8(10(7)11)4-5-13-9/h2-5,12-13H,6H2,1H3. The van der Waals surface area contributed by atoms with Gasteiger partial charge in [0.15, 0.2) is 0 Å². The van der Waals surface area contributed by atoms with Crippen LogP contribution in [0, 0.1) is 0 Å². The molecule has 0 radical (unpaired) electrons. The maximum Gasteiger partial charge on any atom is 0.0544 e. The molecule has 0 aliphatic rings. The molecular formula is C10H11ClN2. The predicted molar refractivity (Wildman–Crippen MR) is 56.1 cm³/mol. The number of aromatic amines is 1. The Balaban J connectivity index is 2.59. The van der Waals surface area contributed by atoms with Crippen molar-refractivity contribution in [2.75, 3.05) is 7.05 Å². The van der Waals surface area contributed by atoms with Gasteiger partial charge in [-0.15, -0.1) is 0 Å². The number of nitrogens with one attached hydrogen (secondary N) is 2. The van der Waals surface area contributed by atoms with Gasteiger partial charge in [0, 0.05) is 23.6 Å². The lowest BCUT2D eigenvalue weighted by Crippen LogP contribution is -2.05. The number of halogens is 1. The third-order valence-electron chi connectivity index (χ3n) is 2.12. The van der Waals surface area contributed by atoms with E-state index in [-0.39, 0.29) is 0 Å². The highest BCUT2D eigenvalue weighted by atomic mass is 35.5. The Hall–Kier alpha value is -0.990. The van der Waals surface area contributed by atoms with E-state index in [1.165, 1.54) is 0 Å². The molecule has 2 N–H and O–H groups in total. The summed E-state index contributed by atoms with van der Waals surface area (Å²) in [5, 5.41) is 5.02. The second-order valence-electron chi connectivity index (χ2n) is 3.01. The van der Waals surface area contributed by atoms with Crippen LogP contribution in [0.15, 0.2) is 24.4 Å². The number of fused-ring (bicyclic) bond motifs is 1. The van der Waals surface area contributed by atoms with Crippen LogP contribution in [-0.2, 0) is 6.54 Å². The minimum atomic E-state index is 0.806. The smallest absolute Gasteiger partial charge is 0.0544 e. The molecule has 0 saturated heterocycles. The third kappa shape index (κ3) is 1.43. The van der Waals surface area contributed by atoms with Gasteiger partial charge in [-0.1, -0.05) is 17.7 Å². The summed E-state index contributed by atoms with van der Waals surface area (Å²) in [6, 6.07) is 6.09. The lowest BCUT2D eigenvalue weighted by atomic mass is 10.1. The van der Waals surface area contributed by atoms with Crippen molar-refractivity contribution >= 4 is 22.5 Å². The minimum absolute atomic E-state index is 0.806. The number of H-pyrrole nitrogens is 1. The van der Waals surface area contributed by atoms with Gasteiger partial charge < -0.3 is 10.3 Å². The van der Waals surface area contributed by atoms with E-state index in [2.05, 4.69) is 10.3 Å². The van der Waals surface area contributed by atoms with Crippen molar-refractivity contribution in [1.82, 2.24) is 10.3 Å². The predicted octanol–water partition coefficient (Wildman–Crippen LogP) is 2.54. The van der Waals surface area contributed by atoms with Crippen LogP contribution in [-0.4, -0.2) is 12.0 Å². The molecular weight excluding hydrogens is 184 g/mol. The Labute approximate surface area is 81.9 Å². The number of hydrogen-bond acceptors (Lipinski definition) is 1. The van der Waals surface area contributed by atoms with Crippen molar-refractivity contribution in [3.05, 3.63) is 35.0 Å². The summed E-state index contributed by atoms with van der Waals surface area (Å²) in [7, 11) is 1.91. The highest BCUT2D eigenvalue weighted by molar-refractivity contribution is 6.36. The Morgan fingerprint density at radius 2 is 2.23 bits per heavy atom. The van der Waals surface area contributed by atoms with Crippen LogP contribution < -0.4 is 5.32 Å². The summed E-state index contributed by atoms with van der Waals surface area (Å²) in [4.78, 5) is 3.12. The van der Waals surface area contributed by atoms with Crippen LogP contribution in [0.5, 0.6) is 0 Å². The fourth-order valence-electron chi connectivity index (χ4n) is 1.47. The van der Waals surface area contributed by atoms with Crippen LogP contribution in [0.4, 0.5) is 0 Å². The molecule has 0 unspecified atom stereocenters. The summed E-state index contributed by atoms with van der Waals surface area (Å²) in [5.41, 5.74) is 2.22. The topological polar surface area (TPSA) is 27.8 Å². The molecule has 2 aromatic rings. The van der Waals surface area contributed by atoms with E-state index in [1.807, 2.05) is 31.4 Å². The van der Waals surface area contributed by atoms with E-state index in [4.69, 9.17) is 11.6 Å². The molecule has 0 spiro atoms. The van der Waals surface area contributed by atoms with Gasteiger partial charge in [-0.25, -0.2) is 0 Å². The Kier molecular flexibility index (Phi) is 2.25. The average molecular weight is 195 g/mol. The molecule has 0 fully saturated rings. The van der Waals surface area contributed by atoms with Crippen molar-refractivity contribution in [1.29, 1.82) is 0 Å².